The maximum absolute atomic E-state index is 9.82. The Bertz CT molecular complexity index is 288. The first-order valence-corrected chi connectivity index (χ1v) is 6.23. The first-order valence-electron chi connectivity index (χ1n) is 5.18. The van der Waals surface area contributed by atoms with Gasteiger partial charge in [0.15, 0.2) is 5.44 Å². The van der Waals surface area contributed by atoms with Gasteiger partial charge in [-0.1, -0.05) is 44.2 Å². The van der Waals surface area contributed by atoms with Gasteiger partial charge in [-0.2, -0.15) is 0 Å². The molecule has 1 rings (SSSR count). The largest absolute Gasteiger partial charge is 0.479 e. The fourth-order valence-electron chi connectivity index (χ4n) is 0.943. The Morgan fingerprint density at radius 1 is 1.31 bits per heavy atom. The van der Waals surface area contributed by atoms with Crippen molar-refractivity contribution < 1.29 is 15.0 Å². The number of carbonyl (C=O) groups is 1. The van der Waals surface area contributed by atoms with Gasteiger partial charge in [-0.3, -0.25) is 0 Å². The number of benzene rings is 1. The maximum Gasteiger partial charge on any atom is 0.343 e. The molecular weight excluding hydrogens is 224 g/mol. The molecule has 0 amide bonds. The van der Waals surface area contributed by atoms with Gasteiger partial charge in [0.1, 0.15) is 0 Å². The number of aliphatic hydroxyl groups is 1. The number of rotatable bonds is 4. The molecule has 0 radical (unpaired) electrons. The van der Waals surface area contributed by atoms with E-state index < -0.39 is 11.4 Å². The molecule has 0 aliphatic carbocycles. The molecule has 4 heteroatoms. The Balaban J connectivity index is 0.000000281. The van der Waals surface area contributed by atoms with Crippen LogP contribution in [0.25, 0.3) is 0 Å². The Kier molecular flexibility index (Phi) is 8.66. The molecule has 0 aliphatic rings. The highest BCUT2D eigenvalue weighted by molar-refractivity contribution is 8.00. The summed E-state index contributed by atoms with van der Waals surface area (Å²) in [5, 5.41) is 16.5. The molecule has 0 aromatic heterocycles. The number of carboxylic acids is 1. The monoisotopic (exact) mass is 242 g/mol. The summed E-state index contributed by atoms with van der Waals surface area (Å²) in [5.41, 5.74) is 0.160. The first kappa shape index (κ1) is 15.0. The van der Waals surface area contributed by atoms with E-state index in [0.29, 0.717) is 5.75 Å². The second-order valence-electron chi connectivity index (χ2n) is 2.99. The van der Waals surface area contributed by atoms with Gasteiger partial charge in [0.05, 0.1) is 0 Å². The van der Waals surface area contributed by atoms with Gasteiger partial charge in [-0.15, -0.1) is 11.8 Å². The van der Waals surface area contributed by atoms with Crippen molar-refractivity contribution in [3.63, 3.8) is 0 Å². The smallest absolute Gasteiger partial charge is 0.343 e. The lowest BCUT2D eigenvalue weighted by molar-refractivity contribution is -0.141. The van der Waals surface area contributed by atoms with Crippen molar-refractivity contribution in [1.82, 2.24) is 0 Å². The lowest BCUT2D eigenvalue weighted by Gasteiger charge is -1.99. The van der Waals surface area contributed by atoms with Gasteiger partial charge in [-0.05, 0) is 17.7 Å². The molecule has 2 N–H and O–H groups in total. The predicted octanol–water partition coefficient (Wildman–Crippen LogP) is 2.39. The van der Waals surface area contributed by atoms with E-state index in [1.165, 1.54) is 5.56 Å². The van der Waals surface area contributed by atoms with E-state index in [-0.39, 0.29) is 0 Å². The molecule has 0 saturated heterocycles. The van der Waals surface area contributed by atoms with E-state index in [4.69, 9.17) is 10.2 Å². The summed E-state index contributed by atoms with van der Waals surface area (Å²) in [7, 11) is 0. The third-order valence-electron chi connectivity index (χ3n) is 1.79. The molecule has 1 aromatic rings. The Hall–Kier alpha value is -1.00. The summed E-state index contributed by atoms with van der Waals surface area (Å²) in [6.07, 6.45) is 1.14. The fourth-order valence-corrected chi connectivity index (χ4v) is 1.40. The molecule has 16 heavy (non-hydrogen) atoms. The molecular formula is C12H18O3S. The highest BCUT2D eigenvalue weighted by Crippen LogP contribution is 2.05. The van der Waals surface area contributed by atoms with Crippen LogP contribution in [0.5, 0.6) is 0 Å². The second-order valence-corrected chi connectivity index (χ2v) is 4.34. The van der Waals surface area contributed by atoms with Crippen molar-refractivity contribution in [1.29, 1.82) is 0 Å². The van der Waals surface area contributed by atoms with E-state index in [2.05, 4.69) is 31.2 Å². The zero-order valence-electron chi connectivity index (χ0n) is 9.59. The quantitative estimate of drug-likeness (QED) is 0.796. The van der Waals surface area contributed by atoms with Crippen molar-refractivity contribution in [3.8, 4) is 0 Å². The van der Waals surface area contributed by atoms with Crippen LogP contribution in [0, 0.1) is 0 Å². The molecule has 0 heterocycles. The topological polar surface area (TPSA) is 57.5 Å². The Labute approximate surface area is 100 Å². The second kappa shape index (κ2) is 9.24. The average Bonchev–Trinajstić information content (AvgIpc) is 2.31. The van der Waals surface area contributed by atoms with Crippen LogP contribution < -0.4 is 0 Å². The van der Waals surface area contributed by atoms with Gasteiger partial charge in [0.25, 0.3) is 0 Å². The molecule has 1 aromatic carbocycles. The Morgan fingerprint density at radius 3 is 2.12 bits per heavy atom. The molecule has 0 fully saturated rings. The summed E-state index contributed by atoms with van der Waals surface area (Å²) < 4.78 is 0. The number of aliphatic carboxylic acids is 1. The number of hydrogen-bond acceptors (Lipinski definition) is 3. The lowest BCUT2D eigenvalue weighted by Crippen LogP contribution is -2.14. The standard InChI is InChI=1S/C8H10.C4H8O3S/c1-2-8-6-4-3-5-7-8;1-2-8-4(7)3(5)6/h3-7H,2H2,1H3;4,7H,2H2,1H3,(H,5,6). The van der Waals surface area contributed by atoms with E-state index >= 15 is 0 Å². The molecule has 90 valence electrons. The first-order chi connectivity index (χ1) is 7.61. The number of thioether (sulfide) groups is 1. The SMILES string of the molecule is CCSC(O)C(=O)O.CCc1ccccc1. The molecule has 1 atom stereocenters. The lowest BCUT2D eigenvalue weighted by atomic mass is 10.2. The van der Waals surface area contributed by atoms with Gasteiger partial charge in [-0.25, -0.2) is 4.79 Å². The van der Waals surface area contributed by atoms with Crippen LogP contribution in [0.15, 0.2) is 30.3 Å². The number of aryl methyl sites for hydroxylation is 1. The van der Waals surface area contributed by atoms with Crippen LogP contribution in [0.2, 0.25) is 0 Å². The Morgan fingerprint density at radius 2 is 1.88 bits per heavy atom. The molecule has 0 bridgehead atoms. The van der Waals surface area contributed by atoms with Crippen molar-refractivity contribution in [3.05, 3.63) is 35.9 Å². The average molecular weight is 242 g/mol. The van der Waals surface area contributed by atoms with Crippen LogP contribution in [-0.4, -0.2) is 27.4 Å². The summed E-state index contributed by atoms with van der Waals surface area (Å²) in [4.78, 5) is 9.82. The van der Waals surface area contributed by atoms with Crippen LogP contribution in [0.3, 0.4) is 0 Å². The number of carboxylic acid groups (broad SMARTS) is 1. The molecule has 0 aliphatic heterocycles. The molecule has 3 nitrogen and oxygen atoms in total. The van der Waals surface area contributed by atoms with E-state index in [1.54, 1.807) is 6.92 Å². The van der Waals surface area contributed by atoms with Crippen LogP contribution >= 0.6 is 11.8 Å². The molecule has 0 saturated carbocycles. The van der Waals surface area contributed by atoms with Gasteiger partial charge in [0.2, 0.25) is 0 Å². The van der Waals surface area contributed by atoms with Crippen molar-refractivity contribution in [2.75, 3.05) is 5.75 Å². The van der Waals surface area contributed by atoms with Crippen molar-refractivity contribution in [2.24, 2.45) is 0 Å². The van der Waals surface area contributed by atoms with Crippen LogP contribution in [0.4, 0.5) is 0 Å². The minimum Gasteiger partial charge on any atom is -0.479 e. The van der Waals surface area contributed by atoms with E-state index in [9.17, 15) is 4.79 Å². The van der Waals surface area contributed by atoms with Crippen molar-refractivity contribution in [2.45, 2.75) is 25.7 Å². The van der Waals surface area contributed by atoms with E-state index in [0.717, 1.165) is 18.2 Å². The maximum atomic E-state index is 9.82. The normalized spacial score (nSPS) is 11.2. The minimum absolute atomic E-state index is 0.619. The highest BCUT2D eigenvalue weighted by Gasteiger charge is 2.10. The minimum atomic E-state index is -1.25. The third-order valence-corrected chi connectivity index (χ3v) is 2.64. The van der Waals surface area contributed by atoms with Crippen LogP contribution in [0.1, 0.15) is 19.4 Å². The van der Waals surface area contributed by atoms with Crippen molar-refractivity contribution >= 4 is 17.7 Å². The zero-order valence-corrected chi connectivity index (χ0v) is 10.4. The molecule has 1 unspecified atom stereocenters. The van der Waals surface area contributed by atoms with E-state index in [1.807, 2.05) is 6.07 Å². The number of aliphatic hydroxyl groups excluding tert-OH is 1. The summed E-state index contributed by atoms with van der Waals surface area (Å²) in [6, 6.07) is 10.5. The fraction of sp³-hybridized carbons (Fsp3) is 0.417. The predicted molar refractivity (Wildman–Crippen MR) is 67.6 cm³/mol. The van der Waals surface area contributed by atoms with Gasteiger partial charge in [0, 0.05) is 0 Å². The highest BCUT2D eigenvalue weighted by atomic mass is 32.2. The zero-order chi connectivity index (χ0) is 12.4. The summed E-state index contributed by atoms with van der Waals surface area (Å²) >= 11 is 0.995. The van der Waals surface area contributed by atoms with Gasteiger partial charge >= 0.3 is 5.97 Å². The van der Waals surface area contributed by atoms with Crippen LogP contribution in [-0.2, 0) is 11.2 Å². The van der Waals surface area contributed by atoms with Gasteiger partial charge < -0.3 is 10.2 Å². The number of hydrogen-bond donors (Lipinski definition) is 2. The molecule has 0 spiro atoms. The third kappa shape index (κ3) is 7.31. The summed E-state index contributed by atoms with van der Waals surface area (Å²) in [6.45, 7) is 3.95. The summed E-state index contributed by atoms with van der Waals surface area (Å²) in [5.74, 6) is -0.551.